The van der Waals surface area contributed by atoms with Crippen molar-refractivity contribution in [2.45, 2.75) is 6.54 Å². The number of aromatic nitrogens is 3. The molecule has 0 atom stereocenters. The lowest BCUT2D eigenvalue weighted by Gasteiger charge is -1.99. The molecule has 18 heavy (non-hydrogen) atoms. The molecule has 0 saturated carbocycles. The largest absolute Gasteiger partial charge is 0.389 e. The molecule has 2 rings (SSSR count). The summed E-state index contributed by atoms with van der Waals surface area (Å²) >= 11 is 5.85. The number of pyridine rings is 1. The average molecular weight is 264 g/mol. The molecule has 0 saturated heterocycles. The molecule has 0 fully saturated rings. The summed E-state index contributed by atoms with van der Waals surface area (Å²) in [4.78, 5) is 13.9. The van der Waals surface area contributed by atoms with Gasteiger partial charge in [-0.05, 0) is 11.0 Å². The van der Waals surface area contributed by atoms with E-state index >= 15 is 0 Å². The Morgan fingerprint density at radius 2 is 2.39 bits per heavy atom. The summed E-state index contributed by atoms with van der Waals surface area (Å²) < 4.78 is 1.38. The molecule has 2 aromatic heterocycles. The highest BCUT2D eigenvalue weighted by molar-refractivity contribution is 6.31. The summed E-state index contributed by atoms with van der Waals surface area (Å²) in [6.45, 7) is 0.249. The first-order valence-electron chi connectivity index (χ1n) is 4.82. The fourth-order valence-corrected chi connectivity index (χ4v) is 1.56. The Bertz CT molecular complexity index is 646. The first-order valence-corrected chi connectivity index (χ1v) is 5.20. The zero-order valence-corrected chi connectivity index (χ0v) is 9.70. The predicted octanol–water partition coefficient (Wildman–Crippen LogP) is 1.76. The molecule has 2 aromatic rings. The van der Waals surface area contributed by atoms with Crippen LogP contribution >= 0.6 is 11.6 Å². The van der Waals surface area contributed by atoms with E-state index in [-0.39, 0.29) is 17.9 Å². The second-order valence-electron chi connectivity index (χ2n) is 3.40. The van der Waals surface area contributed by atoms with Gasteiger partial charge in [-0.25, -0.2) is 0 Å². The van der Waals surface area contributed by atoms with Crippen molar-refractivity contribution in [1.82, 2.24) is 14.8 Å². The molecular formula is C10H6ClN5O2. The van der Waals surface area contributed by atoms with Gasteiger partial charge in [0.1, 0.15) is 12.6 Å². The molecule has 0 aliphatic rings. The van der Waals surface area contributed by atoms with Crippen molar-refractivity contribution in [2.75, 3.05) is 0 Å². The average Bonchev–Trinajstić information content (AvgIpc) is 2.78. The summed E-state index contributed by atoms with van der Waals surface area (Å²) in [6, 6.07) is 4.73. The number of nitriles is 1. The van der Waals surface area contributed by atoms with Crippen LogP contribution in [0.3, 0.4) is 0 Å². The zero-order chi connectivity index (χ0) is 13.1. The van der Waals surface area contributed by atoms with Crippen molar-refractivity contribution in [1.29, 1.82) is 5.26 Å². The molecule has 0 aromatic carbocycles. The standard InChI is InChI=1S/C10H6ClN5O2/c11-9-3-8(13-5-7(9)4-12)6-15-2-1-10(14-15)16(17)18/h1-3,5H,6H2. The molecule has 0 radical (unpaired) electrons. The molecule has 0 aliphatic heterocycles. The minimum absolute atomic E-state index is 0.227. The van der Waals surface area contributed by atoms with Gasteiger partial charge in [0.15, 0.2) is 0 Å². The van der Waals surface area contributed by atoms with Crippen LogP contribution < -0.4 is 0 Å². The van der Waals surface area contributed by atoms with E-state index in [2.05, 4.69) is 10.1 Å². The van der Waals surface area contributed by atoms with Gasteiger partial charge in [-0.2, -0.15) is 9.94 Å². The minimum atomic E-state index is -0.574. The van der Waals surface area contributed by atoms with E-state index in [0.29, 0.717) is 10.7 Å². The molecular weight excluding hydrogens is 258 g/mol. The summed E-state index contributed by atoms with van der Waals surface area (Å²) in [5.74, 6) is -0.227. The maximum Gasteiger partial charge on any atom is 0.389 e. The third-order valence-corrected chi connectivity index (χ3v) is 2.48. The van der Waals surface area contributed by atoms with Crippen LogP contribution in [0.5, 0.6) is 0 Å². The molecule has 0 aliphatic carbocycles. The number of halogens is 1. The molecule has 90 valence electrons. The van der Waals surface area contributed by atoms with Crippen molar-refractivity contribution in [3.8, 4) is 6.07 Å². The first-order chi connectivity index (χ1) is 8.60. The lowest BCUT2D eigenvalue weighted by Crippen LogP contribution is -2.03. The van der Waals surface area contributed by atoms with Gasteiger partial charge < -0.3 is 10.1 Å². The Morgan fingerprint density at radius 1 is 1.61 bits per heavy atom. The maximum atomic E-state index is 10.5. The Kier molecular flexibility index (Phi) is 3.21. The van der Waals surface area contributed by atoms with Crippen LogP contribution in [0.15, 0.2) is 24.5 Å². The van der Waals surface area contributed by atoms with Crippen molar-refractivity contribution in [2.24, 2.45) is 0 Å². The lowest BCUT2D eigenvalue weighted by molar-refractivity contribution is -0.389. The van der Waals surface area contributed by atoms with Crippen molar-refractivity contribution in [3.63, 3.8) is 0 Å². The number of nitrogens with zero attached hydrogens (tertiary/aromatic N) is 5. The van der Waals surface area contributed by atoms with Gasteiger partial charge in [-0.15, -0.1) is 0 Å². The van der Waals surface area contributed by atoms with E-state index in [1.807, 2.05) is 6.07 Å². The first kappa shape index (κ1) is 12.0. The van der Waals surface area contributed by atoms with Gasteiger partial charge in [0.05, 0.1) is 33.6 Å². The van der Waals surface area contributed by atoms with Crippen molar-refractivity contribution < 1.29 is 4.92 Å². The fourth-order valence-electron chi connectivity index (χ4n) is 1.34. The highest BCUT2D eigenvalue weighted by Crippen LogP contribution is 2.15. The van der Waals surface area contributed by atoms with E-state index in [1.54, 1.807) is 0 Å². The van der Waals surface area contributed by atoms with E-state index in [0.717, 1.165) is 0 Å². The molecule has 7 nitrogen and oxygen atoms in total. The normalized spacial score (nSPS) is 10.0. The number of rotatable bonds is 3. The summed E-state index contributed by atoms with van der Waals surface area (Å²) in [6.07, 6.45) is 2.83. The van der Waals surface area contributed by atoms with Gasteiger partial charge in [-0.1, -0.05) is 11.6 Å². The molecule has 0 spiro atoms. The monoisotopic (exact) mass is 263 g/mol. The second kappa shape index (κ2) is 4.81. The van der Waals surface area contributed by atoms with Crippen molar-refractivity contribution >= 4 is 17.4 Å². The van der Waals surface area contributed by atoms with Crippen LogP contribution in [-0.2, 0) is 6.54 Å². The van der Waals surface area contributed by atoms with Gasteiger partial charge in [0.25, 0.3) is 0 Å². The van der Waals surface area contributed by atoms with Crippen molar-refractivity contribution in [3.05, 3.63) is 50.9 Å². The lowest BCUT2D eigenvalue weighted by atomic mass is 10.2. The Hall–Kier alpha value is -2.46. The Balaban J connectivity index is 2.21. The summed E-state index contributed by atoms with van der Waals surface area (Å²) in [5, 5.41) is 23.2. The number of hydrogen-bond donors (Lipinski definition) is 0. The van der Waals surface area contributed by atoms with E-state index < -0.39 is 4.92 Å². The van der Waals surface area contributed by atoms with Crippen LogP contribution in [-0.4, -0.2) is 19.7 Å². The number of hydrogen-bond acceptors (Lipinski definition) is 5. The predicted molar refractivity (Wildman–Crippen MR) is 61.9 cm³/mol. The van der Waals surface area contributed by atoms with Crippen LogP contribution in [0.2, 0.25) is 5.02 Å². The maximum absolute atomic E-state index is 10.5. The topological polar surface area (TPSA) is 97.6 Å². The second-order valence-corrected chi connectivity index (χ2v) is 3.80. The Labute approximate surface area is 106 Å². The third-order valence-electron chi connectivity index (χ3n) is 2.17. The highest BCUT2D eigenvalue weighted by Gasteiger charge is 2.12. The fraction of sp³-hybridized carbons (Fsp3) is 0.100. The van der Waals surface area contributed by atoms with E-state index in [4.69, 9.17) is 16.9 Å². The molecule has 0 amide bonds. The van der Waals surface area contributed by atoms with E-state index in [9.17, 15) is 10.1 Å². The SMILES string of the molecule is N#Cc1cnc(Cn2ccc([N+](=O)[O-])n2)cc1Cl. The van der Waals surface area contributed by atoms with Crippen LogP contribution in [0.4, 0.5) is 5.82 Å². The summed E-state index contributed by atoms with van der Waals surface area (Å²) in [7, 11) is 0. The van der Waals surface area contributed by atoms with Gasteiger partial charge in [0, 0.05) is 6.20 Å². The zero-order valence-electron chi connectivity index (χ0n) is 8.95. The van der Waals surface area contributed by atoms with Gasteiger partial charge in [-0.3, -0.25) is 4.98 Å². The van der Waals surface area contributed by atoms with E-state index in [1.165, 1.54) is 29.2 Å². The summed E-state index contributed by atoms with van der Waals surface area (Å²) in [5.41, 5.74) is 0.851. The quantitative estimate of drug-likeness (QED) is 0.621. The Morgan fingerprint density at radius 3 is 2.94 bits per heavy atom. The van der Waals surface area contributed by atoms with Gasteiger partial charge >= 0.3 is 5.82 Å². The molecule has 0 N–H and O–H groups in total. The molecule has 0 unspecified atom stereocenters. The van der Waals surface area contributed by atoms with Crippen LogP contribution in [0.1, 0.15) is 11.3 Å². The third kappa shape index (κ3) is 2.44. The van der Waals surface area contributed by atoms with Crippen LogP contribution in [0.25, 0.3) is 0 Å². The smallest absolute Gasteiger partial charge is 0.358 e. The molecule has 2 heterocycles. The highest BCUT2D eigenvalue weighted by atomic mass is 35.5. The molecule has 0 bridgehead atoms. The van der Waals surface area contributed by atoms with Gasteiger partial charge in [0.2, 0.25) is 0 Å². The number of nitro groups is 1. The molecule has 8 heteroatoms. The van der Waals surface area contributed by atoms with Crippen LogP contribution in [0, 0.1) is 21.4 Å². The minimum Gasteiger partial charge on any atom is -0.358 e.